The lowest BCUT2D eigenvalue weighted by atomic mass is 9.80. The van der Waals surface area contributed by atoms with Gasteiger partial charge in [-0.3, -0.25) is 9.59 Å². The Morgan fingerprint density at radius 3 is 2.55 bits per heavy atom. The van der Waals surface area contributed by atoms with Crippen molar-refractivity contribution in [1.29, 1.82) is 0 Å². The average Bonchev–Trinajstić information content (AvgIpc) is 3.89. The van der Waals surface area contributed by atoms with E-state index in [4.69, 9.17) is 38.3 Å². The maximum absolute atomic E-state index is 11.9. The second-order valence-electron chi connectivity index (χ2n) is 14.5. The summed E-state index contributed by atoms with van der Waals surface area (Å²) in [6.45, 7) is 0.235. The first-order chi connectivity index (χ1) is 27.1. The van der Waals surface area contributed by atoms with Crippen LogP contribution in [0.25, 0.3) is 10.9 Å². The average molecular weight is 769 g/mol. The summed E-state index contributed by atoms with van der Waals surface area (Å²) in [7, 11) is 1.60. The maximum Gasteiger partial charge on any atom is 0.317 e. The summed E-state index contributed by atoms with van der Waals surface area (Å²) in [5.74, 6) is -0.295. The van der Waals surface area contributed by atoms with E-state index in [1.54, 1.807) is 19.2 Å². The van der Waals surface area contributed by atoms with Crippen LogP contribution in [-0.4, -0.2) is 99.0 Å². The van der Waals surface area contributed by atoms with Crippen LogP contribution in [0.5, 0.6) is 28.7 Å². The monoisotopic (exact) mass is 768 g/mol. The normalized spacial score (nSPS) is 26.1. The zero-order valence-electron chi connectivity index (χ0n) is 30.2. The van der Waals surface area contributed by atoms with Gasteiger partial charge in [0.05, 0.1) is 25.2 Å². The number of aliphatic hydroxyl groups is 3. The van der Waals surface area contributed by atoms with Gasteiger partial charge in [0, 0.05) is 60.6 Å². The molecule has 7 aliphatic heterocycles. The second kappa shape index (κ2) is 14.4. The summed E-state index contributed by atoms with van der Waals surface area (Å²) in [6.07, 6.45) is -2.63. The number of carboxylic acid groups (broad SMARTS) is 1. The molecule has 292 valence electrons. The van der Waals surface area contributed by atoms with E-state index in [0.717, 1.165) is 38.7 Å². The minimum Gasteiger partial charge on any atom is -0.490 e. The number of ether oxygens (including phenoxy) is 7. The van der Waals surface area contributed by atoms with Crippen LogP contribution in [0.2, 0.25) is 0 Å². The van der Waals surface area contributed by atoms with Crippen LogP contribution in [0, 0.1) is 0 Å². The number of aliphatic carboxylic acids is 1. The Balaban J connectivity index is 1.11. The van der Waals surface area contributed by atoms with Gasteiger partial charge in [-0.2, -0.15) is 0 Å². The molecule has 15 nitrogen and oxygen atoms in total. The number of carbonyl (C=O) groups is 2. The van der Waals surface area contributed by atoms with E-state index in [1.165, 1.54) is 0 Å². The number of carboxylic acids is 1. The first-order valence-electron chi connectivity index (χ1n) is 18.4. The van der Waals surface area contributed by atoms with E-state index in [9.17, 15) is 24.9 Å². The number of carbonyl (C=O) groups excluding carboxylic acids is 1. The fourth-order valence-electron chi connectivity index (χ4n) is 8.21. The lowest BCUT2D eigenvalue weighted by Gasteiger charge is -2.40. The summed E-state index contributed by atoms with van der Waals surface area (Å²) in [6, 6.07) is 17.8. The second-order valence-corrected chi connectivity index (χ2v) is 14.5. The highest BCUT2D eigenvalue weighted by atomic mass is 16.7. The topological polar surface area (TPSA) is 200 Å². The molecule has 0 amide bonds. The van der Waals surface area contributed by atoms with Crippen molar-refractivity contribution in [3.8, 4) is 28.7 Å². The molecular weight excluding hydrogens is 728 g/mol. The number of hydrogen-bond acceptors (Lipinski definition) is 12. The zero-order valence-corrected chi connectivity index (χ0v) is 30.2. The van der Waals surface area contributed by atoms with Gasteiger partial charge in [-0.25, -0.2) is 0 Å². The minimum atomic E-state index is -1.74. The molecule has 15 heteroatoms. The van der Waals surface area contributed by atoms with Crippen LogP contribution in [0.3, 0.4) is 0 Å². The summed E-state index contributed by atoms with van der Waals surface area (Å²) in [4.78, 5) is 26.1. The quantitative estimate of drug-likeness (QED) is 0.108. The van der Waals surface area contributed by atoms with Crippen LogP contribution in [-0.2, 0) is 38.4 Å². The number of esters is 1. The molecule has 1 fully saturated rings. The Kier molecular flexibility index (Phi) is 9.24. The number of aromatic nitrogens is 2. The molecule has 0 spiro atoms. The maximum atomic E-state index is 11.9. The van der Waals surface area contributed by atoms with Crippen molar-refractivity contribution >= 4 is 22.8 Å². The third-order valence-corrected chi connectivity index (χ3v) is 10.9. The summed E-state index contributed by atoms with van der Waals surface area (Å²) in [5.41, 5.74) is 5.67. The molecule has 9 heterocycles. The van der Waals surface area contributed by atoms with Crippen molar-refractivity contribution in [3.05, 3.63) is 101 Å². The Labute approximate surface area is 319 Å². The van der Waals surface area contributed by atoms with Gasteiger partial charge >= 0.3 is 11.9 Å². The van der Waals surface area contributed by atoms with Gasteiger partial charge in [0.1, 0.15) is 61.2 Å². The zero-order chi connectivity index (χ0) is 38.7. The fraction of sp³-hybridized carbons (Fsp3) is 0.366. The van der Waals surface area contributed by atoms with Crippen LogP contribution in [0.1, 0.15) is 46.3 Å². The molecule has 56 heavy (non-hydrogen) atoms. The molecule has 6 bridgehead atoms. The van der Waals surface area contributed by atoms with E-state index in [2.05, 4.69) is 29.2 Å². The van der Waals surface area contributed by atoms with Gasteiger partial charge in [0.15, 0.2) is 11.5 Å². The third kappa shape index (κ3) is 6.55. The lowest BCUT2D eigenvalue weighted by molar-refractivity contribution is -0.278. The molecule has 0 radical (unpaired) electrons. The molecule has 0 aliphatic carbocycles. The van der Waals surface area contributed by atoms with E-state index >= 15 is 0 Å². The van der Waals surface area contributed by atoms with Crippen LogP contribution < -0.4 is 23.7 Å². The summed E-state index contributed by atoms with van der Waals surface area (Å²) >= 11 is 0. The highest BCUT2D eigenvalue weighted by Crippen LogP contribution is 2.59. The number of benzene rings is 3. The van der Waals surface area contributed by atoms with Gasteiger partial charge in [0.2, 0.25) is 12.0 Å². The number of nitrogens with one attached hydrogen (secondary N) is 1. The molecular formula is C41H40N2O13. The minimum absolute atomic E-state index is 0.224. The molecule has 2 aromatic heterocycles. The number of aromatic amines is 1. The molecule has 1 saturated heterocycles. The number of aliphatic hydroxyl groups excluding tert-OH is 3. The molecule has 0 unspecified atom stereocenters. The van der Waals surface area contributed by atoms with Crippen LogP contribution in [0.15, 0.2) is 73.2 Å². The largest absolute Gasteiger partial charge is 0.490 e. The van der Waals surface area contributed by atoms with Crippen molar-refractivity contribution in [3.63, 3.8) is 0 Å². The number of hydrogen-bond donors (Lipinski definition) is 5. The number of nitrogens with zero attached hydrogens (tertiary/aromatic N) is 1. The summed E-state index contributed by atoms with van der Waals surface area (Å²) < 4.78 is 45.2. The standard InChI is InChI=1S/C41H40N2O13/c1-50-39-27-7-6-25-34-28(12-21-4-2-20(3-5-21)9-11-51-27)54-29-14-24(53-41-37(49)36(48)35(47)30(55-41)19-52-32(46)15-31(44)45)13-23(33(29)40(34)56-38(25)39)17-43-16-22-8-10-42-26(22)18-43/h2-8,10,13-14,16,18,28,30,34-37,40-42,47-49H,9,11-12,15,17,19H2,1H3,(H,44,45)/t28-,30+,34+,35+,36-,37+,40-,41+/m0/s1. The SMILES string of the molecule is COc1c2ccc3c1O[C@H]1c4c(Cn5cc6cc[nH]c6c5)cc(O[C@@H]5O[C@H](COC(=O)CC(=O)O)[C@@H](O)[C@H](O)[C@H]5O)cc4O[C@@H](Cc4ccc(cc4)CCO2)[C@@H]31. The Hall–Kier alpha value is -5.74. The third-order valence-electron chi connectivity index (χ3n) is 10.9. The van der Waals surface area contributed by atoms with Gasteiger partial charge in [-0.05, 0) is 34.9 Å². The Morgan fingerprint density at radius 1 is 0.946 bits per heavy atom. The number of methoxy groups -OCH3 is 1. The van der Waals surface area contributed by atoms with Crippen molar-refractivity contribution in [2.75, 3.05) is 20.3 Å². The molecule has 5 aromatic rings. The van der Waals surface area contributed by atoms with E-state index in [0.29, 0.717) is 49.0 Å². The van der Waals surface area contributed by atoms with Crippen molar-refractivity contribution in [2.45, 2.75) is 74.6 Å². The highest BCUT2D eigenvalue weighted by molar-refractivity contribution is 5.90. The van der Waals surface area contributed by atoms with Gasteiger partial charge in [-0.15, -0.1) is 0 Å². The number of fused-ring (bicyclic) bond motifs is 3. The number of H-pyrrole nitrogens is 1. The lowest BCUT2D eigenvalue weighted by Crippen LogP contribution is -2.60. The van der Waals surface area contributed by atoms with Crippen molar-refractivity contribution in [2.24, 2.45) is 0 Å². The highest BCUT2D eigenvalue weighted by Gasteiger charge is 2.50. The molecule has 5 N–H and O–H groups in total. The van der Waals surface area contributed by atoms with E-state index in [-0.39, 0.29) is 11.7 Å². The fourth-order valence-corrected chi connectivity index (χ4v) is 8.21. The smallest absolute Gasteiger partial charge is 0.317 e. The van der Waals surface area contributed by atoms with Gasteiger partial charge < -0.3 is 63.1 Å². The predicted molar refractivity (Wildman–Crippen MR) is 195 cm³/mol. The first-order valence-corrected chi connectivity index (χ1v) is 18.4. The number of rotatable bonds is 9. The van der Waals surface area contributed by atoms with Crippen molar-refractivity contribution in [1.82, 2.24) is 9.55 Å². The summed E-state index contributed by atoms with van der Waals surface area (Å²) in [5, 5.41) is 42.4. The Morgan fingerprint density at radius 2 is 1.77 bits per heavy atom. The van der Waals surface area contributed by atoms with Crippen molar-refractivity contribution < 1.29 is 63.2 Å². The first kappa shape index (κ1) is 35.9. The molecule has 3 aromatic carbocycles. The van der Waals surface area contributed by atoms with E-state index < -0.39 is 67.9 Å². The molecule has 7 aliphatic rings. The van der Waals surface area contributed by atoms with Crippen LogP contribution >= 0.6 is 0 Å². The van der Waals surface area contributed by atoms with Crippen LogP contribution in [0.4, 0.5) is 0 Å². The predicted octanol–water partition coefficient (Wildman–Crippen LogP) is 3.39. The molecule has 8 atom stereocenters. The Bertz CT molecular complexity index is 2250. The van der Waals surface area contributed by atoms with E-state index in [1.807, 2.05) is 41.4 Å². The molecule has 0 saturated carbocycles. The van der Waals surface area contributed by atoms with Gasteiger partial charge in [0.25, 0.3) is 0 Å². The van der Waals surface area contributed by atoms with Gasteiger partial charge in [-0.1, -0.05) is 30.3 Å². The molecule has 12 rings (SSSR count).